The largest absolute Gasteiger partial charge is 0.394 e. The first-order valence-corrected chi connectivity index (χ1v) is 6.16. The van der Waals surface area contributed by atoms with Crippen LogP contribution in [0.15, 0.2) is 0 Å². The number of carbonyl (C=O) groups excluding carboxylic acids is 2. The second-order valence-corrected chi connectivity index (χ2v) is 5.01. The zero-order valence-corrected chi connectivity index (χ0v) is 11.4. The molecule has 0 aliphatic rings. The zero-order chi connectivity index (χ0) is 14.3. The zero-order valence-electron chi connectivity index (χ0n) is 11.4. The number of hydrogen-bond acceptors (Lipinski definition) is 4. The third kappa shape index (κ3) is 5.46. The van der Waals surface area contributed by atoms with Gasteiger partial charge in [0.05, 0.1) is 25.3 Å². The quantitative estimate of drug-likeness (QED) is 0.472. The summed E-state index contributed by atoms with van der Waals surface area (Å²) in [4.78, 5) is 23.1. The molecule has 0 saturated carbocycles. The summed E-state index contributed by atoms with van der Waals surface area (Å²) in [5.41, 5.74) is 0. The van der Waals surface area contributed by atoms with Crippen molar-refractivity contribution in [3.05, 3.63) is 0 Å². The Kier molecular flexibility index (Phi) is 7.54. The van der Waals surface area contributed by atoms with E-state index in [1.807, 2.05) is 27.7 Å². The van der Waals surface area contributed by atoms with Gasteiger partial charge in [0.15, 0.2) is 0 Å². The van der Waals surface area contributed by atoms with E-state index in [2.05, 4.69) is 10.6 Å². The van der Waals surface area contributed by atoms with Gasteiger partial charge in [-0.25, -0.2) is 0 Å². The van der Waals surface area contributed by atoms with Gasteiger partial charge in [-0.15, -0.1) is 0 Å². The van der Waals surface area contributed by atoms with Gasteiger partial charge in [0, 0.05) is 0 Å². The number of carbonyl (C=O) groups is 2. The van der Waals surface area contributed by atoms with Crippen LogP contribution in [-0.2, 0) is 9.59 Å². The van der Waals surface area contributed by atoms with Crippen LogP contribution in [-0.4, -0.2) is 47.3 Å². The van der Waals surface area contributed by atoms with Crippen molar-refractivity contribution in [3.8, 4) is 0 Å². The van der Waals surface area contributed by atoms with Crippen LogP contribution in [0.3, 0.4) is 0 Å². The molecule has 0 aliphatic heterocycles. The molecule has 106 valence electrons. The van der Waals surface area contributed by atoms with E-state index in [9.17, 15) is 9.59 Å². The Morgan fingerprint density at radius 1 is 0.833 bits per heavy atom. The molecule has 0 fully saturated rings. The van der Waals surface area contributed by atoms with Gasteiger partial charge in [0.1, 0.15) is 0 Å². The number of aliphatic hydroxyl groups is 2. The first-order valence-electron chi connectivity index (χ1n) is 6.16. The van der Waals surface area contributed by atoms with Gasteiger partial charge in [0.2, 0.25) is 0 Å². The molecule has 0 bridgehead atoms. The van der Waals surface area contributed by atoms with Crippen LogP contribution in [0.1, 0.15) is 27.7 Å². The molecule has 0 unspecified atom stereocenters. The molecule has 2 atom stereocenters. The smallest absolute Gasteiger partial charge is 0.309 e. The molecule has 0 saturated heterocycles. The van der Waals surface area contributed by atoms with Crippen molar-refractivity contribution in [1.82, 2.24) is 10.6 Å². The Morgan fingerprint density at radius 3 is 1.28 bits per heavy atom. The van der Waals surface area contributed by atoms with Crippen LogP contribution in [0.4, 0.5) is 0 Å². The van der Waals surface area contributed by atoms with Crippen LogP contribution in [0, 0.1) is 11.8 Å². The Morgan fingerprint density at radius 2 is 1.11 bits per heavy atom. The fourth-order valence-corrected chi connectivity index (χ4v) is 1.31. The van der Waals surface area contributed by atoms with Crippen molar-refractivity contribution in [3.63, 3.8) is 0 Å². The fourth-order valence-electron chi connectivity index (χ4n) is 1.31. The lowest BCUT2D eigenvalue weighted by Crippen LogP contribution is -2.51. The predicted octanol–water partition coefficient (Wildman–Crippen LogP) is -0.747. The monoisotopic (exact) mass is 260 g/mol. The standard InChI is InChI=1S/C12H24N2O4/c1-7(2)9(5-15)13-11(17)12(18)14-10(6-16)8(3)4/h7-10,15-16H,5-6H2,1-4H3,(H,13,17)(H,14,18)/t9-,10+. The summed E-state index contributed by atoms with van der Waals surface area (Å²) in [5, 5.41) is 23.0. The molecule has 0 aromatic heterocycles. The minimum atomic E-state index is -0.790. The minimum Gasteiger partial charge on any atom is -0.394 e. The lowest BCUT2D eigenvalue weighted by Gasteiger charge is -2.22. The van der Waals surface area contributed by atoms with Crippen molar-refractivity contribution < 1.29 is 19.8 Å². The van der Waals surface area contributed by atoms with Crippen molar-refractivity contribution in [2.45, 2.75) is 39.8 Å². The normalized spacial score (nSPS) is 14.4. The molecular formula is C12H24N2O4. The summed E-state index contributed by atoms with van der Waals surface area (Å²) in [6.45, 7) is 6.91. The summed E-state index contributed by atoms with van der Waals surface area (Å²) in [6.07, 6.45) is 0. The third-order valence-electron chi connectivity index (χ3n) is 2.84. The van der Waals surface area contributed by atoms with Crippen LogP contribution < -0.4 is 10.6 Å². The molecule has 0 aromatic rings. The highest BCUT2D eigenvalue weighted by Gasteiger charge is 2.23. The molecule has 0 aromatic carbocycles. The van der Waals surface area contributed by atoms with Crippen LogP contribution >= 0.6 is 0 Å². The Balaban J connectivity index is 4.38. The predicted molar refractivity (Wildman–Crippen MR) is 67.7 cm³/mol. The molecule has 0 heterocycles. The molecule has 0 radical (unpaired) electrons. The van der Waals surface area contributed by atoms with Crippen LogP contribution in [0.2, 0.25) is 0 Å². The Bertz CT molecular complexity index is 251. The molecule has 0 rings (SSSR count). The number of hydrogen-bond donors (Lipinski definition) is 4. The van der Waals surface area contributed by atoms with Gasteiger partial charge in [0.25, 0.3) is 0 Å². The van der Waals surface area contributed by atoms with Crippen LogP contribution in [0.25, 0.3) is 0 Å². The van der Waals surface area contributed by atoms with E-state index < -0.39 is 23.9 Å². The van der Waals surface area contributed by atoms with Gasteiger partial charge in [-0.1, -0.05) is 27.7 Å². The number of aliphatic hydroxyl groups excluding tert-OH is 2. The van der Waals surface area contributed by atoms with Crippen molar-refractivity contribution in [1.29, 1.82) is 0 Å². The highest BCUT2D eigenvalue weighted by molar-refractivity contribution is 6.35. The van der Waals surface area contributed by atoms with Gasteiger partial charge in [-0.2, -0.15) is 0 Å². The van der Waals surface area contributed by atoms with Crippen molar-refractivity contribution >= 4 is 11.8 Å². The maximum atomic E-state index is 11.6. The van der Waals surface area contributed by atoms with Crippen molar-refractivity contribution in [2.24, 2.45) is 11.8 Å². The number of rotatable bonds is 6. The average Bonchev–Trinajstić information content (AvgIpc) is 2.31. The van der Waals surface area contributed by atoms with E-state index in [0.29, 0.717) is 0 Å². The highest BCUT2D eigenvalue weighted by Crippen LogP contribution is 2.02. The van der Waals surface area contributed by atoms with Crippen LogP contribution in [0.5, 0.6) is 0 Å². The lowest BCUT2D eigenvalue weighted by molar-refractivity contribution is -0.140. The molecule has 6 heteroatoms. The maximum Gasteiger partial charge on any atom is 0.309 e. The molecule has 0 aliphatic carbocycles. The van der Waals surface area contributed by atoms with Gasteiger partial charge in [-0.3, -0.25) is 9.59 Å². The maximum absolute atomic E-state index is 11.6. The molecule has 4 N–H and O–H groups in total. The molecule has 18 heavy (non-hydrogen) atoms. The summed E-state index contributed by atoms with van der Waals surface area (Å²) >= 11 is 0. The van der Waals surface area contributed by atoms with Gasteiger partial charge in [-0.05, 0) is 11.8 Å². The van der Waals surface area contributed by atoms with E-state index >= 15 is 0 Å². The fraction of sp³-hybridized carbons (Fsp3) is 0.833. The third-order valence-corrected chi connectivity index (χ3v) is 2.84. The summed E-state index contributed by atoms with van der Waals surface area (Å²) in [5.74, 6) is -1.51. The molecular weight excluding hydrogens is 236 g/mol. The average molecular weight is 260 g/mol. The summed E-state index contributed by atoms with van der Waals surface area (Å²) in [7, 11) is 0. The van der Waals surface area contributed by atoms with E-state index in [0.717, 1.165) is 0 Å². The second-order valence-electron chi connectivity index (χ2n) is 5.01. The highest BCUT2D eigenvalue weighted by atomic mass is 16.3. The molecule has 2 amide bonds. The first kappa shape index (κ1) is 16.9. The van der Waals surface area contributed by atoms with Gasteiger partial charge >= 0.3 is 11.8 Å². The first-order chi connectivity index (χ1) is 8.33. The number of amides is 2. The van der Waals surface area contributed by atoms with Crippen molar-refractivity contribution in [2.75, 3.05) is 13.2 Å². The topological polar surface area (TPSA) is 98.7 Å². The Labute approximate surface area is 108 Å². The summed E-state index contributed by atoms with van der Waals surface area (Å²) in [6, 6.07) is -0.898. The number of nitrogens with one attached hydrogen (secondary N) is 2. The molecule has 0 spiro atoms. The Hall–Kier alpha value is -1.14. The second kappa shape index (κ2) is 8.05. The summed E-state index contributed by atoms with van der Waals surface area (Å²) < 4.78 is 0. The van der Waals surface area contributed by atoms with E-state index in [-0.39, 0.29) is 25.0 Å². The van der Waals surface area contributed by atoms with Gasteiger partial charge < -0.3 is 20.8 Å². The lowest BCUT2D eigenvalue weighted by atomic mass is 10.0. The van der Waals surface area contributed by atoms with E-state index in [4.69, 9.17) is 10.2 Å². The van der Waals surface area contributed by atoms with E-state index in [1.54, 1.807) is 0 Å². The minimum absolute atomic E-state index is 0.0329. The SMILES string of the molecule is CC(C)[C@H](CO)NC(=O)C(=O)N[C@H](CO)C(C)C. The molecule has 6 nitrogen and oxygen atoms in total. The van der Waals surface area contributed by atoms with E-state index in [1.165, 1.54) is 0 Å².